The molecule has 0 unspecified atom stereocenters. The molecule has 0 atom stereocenters. The Labute approximate surface area is 166 Å². The molecule has 0 spiro atoms. The molecule has 10 heteroatoms. The second-order valence-electron chi connectivity index (χ2n) is 5.35. The number of carbonyl (C=O) groups excluding carboxylic acids is 2. The summed E-state index contributed by atoms with van der Waals surface area (Å²) in [4.78, 5) is 28.0. The van der Waals surface area contributed by atoms with E-state index in [4.69, 9.17) is 4.74 Å². The van der Waals surface area contributed by atoms with Gasteiger partial charge in [-0.3, -0.25) is 9.59 Å². The number of aromatic nitrogens is 1. The van der Waals surface area contributed by atoms with Crippen molar-refractivity contribution in [3.63, 3.8) is 0 Å². The van der Waals surface area contributed by atoms with Crippen LogP contribution in [0.1, 0.15) is 0 Å². The number of carbonyl (C=O) groups is 2. The number of benzene rings is 2. The number of thioether (sulfide) groups is 1. The number of esters is 1. The van der Waals surface area contributed by atoms with Crippen LogP contribution < -0.4 is 10.1 Å². The molecule has 28 heavy (non-hydrogen) atoms. The quantitative estimate of drug-likeness (QED) is 0.432. The molecule has 1 heterocycles. The first-order valence-electron chi connectivity index (χ1n) is 7.98. The highest BCUT2D eigenvalue weighted by molar-refractivity contribution is 8.01. The lowest BCUT2D eigenvalue weighted by Crippen LogP contribution is -2.21. The highest BCUT2D eigenvalue weighted by Gasteiger charge is 2.11. The molecule has 0 bridgehead atoms. The molecule has 2 aromatic carbocycles. The van der Waals surface area contributed by atoms with Gasteiger partial charge >= 0.3 is 12.6 Å². The van der Waals surface area contributed by atoms with Gasteiger partial charge in [-0.2, -0.15) is 8.78 Å². The molecule has 0 fully saturated rings. The van der Waals surface area contributed by atoms with E-state index in [2.05, 4.69) is 15.0 Å². The molecule has 0 aliphatic carbocycles. The number of alkyl halides is 2. The summed E-state index contributed by atoms with van der Waals surface area (Å²) in [7, 11) is 0. The van der Waals surface area contributed by atoms with Crippen LogP contribution in [0.4, 0.5) is 14.5 Å². The molecule has 3 rings (SSSR count). The Morgan fingerprint density at radius 3 is 2.61 bits per heavy atom. The van der Waals surface area contributed by atoms with E-state index in [0.29, 0.717) is 5.69 Å². The number of para-hydroxylation sites is 1. The number of halogens is 2. The molecule has 6 nitrogen and oxygen atoms in total. The first kappa shape index (κ1) is 20.0. The summed E-state index contributed by atoms with van der Waals surface area (Å²) in [5.74, 6) is -1.07. The molecular formula is C18H14F2N2O4S2. The van der Waals surface area contributed by atoms with E-state index in [-0.39, 0.29) is 11.5 Å². The van der Waals surface area contributed by atoms with Crippen LogP contribution in [0.5, 0.6) is 5.75 Å². The molecule has 146 valence electrons. The predicted octanol–water partition coefficient (Wildman–Crippen LogP) is 4.17. The van der Waals surface area contributed by atoms with Crippen molar-refractivity contribution in [3.8, 4) is 5.75 Å². The van der Waals surface area contributed by atoms with Crippen molar-refractivity contribution in [1.29, 1.82) is 0 Å². The van der Waals surface area contributed by atoms with E-state index in [1.807, 2.05) is 24.3 Å². The number of amides is 1. The lowest BCUT2D eigenvalue weighted by molar-refractivity contribution is -0.144. The number of thiazole rings is 1. The SMILES string of the molecule is O=C(COC(=O)CSc1nc2ccccc2s1)Nc1ccc(OC(F)F)cc1. The van der Waals surface area contributed by atoms with Crippen molar-refractivity contribution in [2.45, 2.75) is 11.0 Å². The van der Waals surface area contributed by atoms with Gasteiger partial charge in [0.05, 0.1) is 16.0 Å². The van der Waals surface area contributed by atoms with Crippen LogP contribution in [0.2, 0.25) is 0 Å². The summed E-state index contributed by atoms with van der Waals surface area (Å²) in [6.07, 6.45) is 0. The van der Waals surface area contributed by atoms with Crippen molar-refractivity contribution >= 4 is 50.9 Å². The average molecular weight is 424 g/mol. The minimum Gasteiger partial charge on any atom is -0.455 e. The number of hydrogen-bond acceptors (Lipinski definition) is 7. The Bertz CT molecular complexity index is 931. The number of fused-ring (bicyclic) bond motifs is 1. The van der Waals surface area contributed by atoms with Crippen molar-refractivity contribution < 1.29 is 27.8 Å². The molecule has 3 aromatic rings. The van der Waals surface area contributed by atoms with Gasteiger partial charge in [0.15, 0.2) is 10.9 Å². The largest absolute Gasteiger partial charge is 0.455 e. The smallest absolute Gasteiger partial charge is 0.387 e. The predicted molar refractivity (Wildman–Crippen MR) is 103 cm³/mol. The summed E-state index contributed by atoms with van der Waals surface area (Å²) >= 11 is 2.72. The molecule has 0 aliphatic rings. The van der Waals surface area contributed by atoms with E-state index in [1.165, 1.54) is 47.4 Å². The number of hydrogen-bond donors (Lipinski definition) is 1. The summed E-state index contributed by atoms with van der Waals surface area (Å²) in [6.45, 7) is -3.37. The van der Waals surface area contributed by atoms with E-state index in [9.17, 15) is 18.4 Å². The number of nitrogens with zero attached hydrogens (tertiary/aromatic N) is 1. The number of rotatable bonds is 8. The Balaban J connectivity index is 1.40. The minimum absolute atomic E-state index is 0.0219. The summed E-state index contributed by atoms with van der Waals surface area (Å²) < 4.78 is 35.1. The molecule has 0 saturated carbocycles. The molecule has 1 aromatic heterocycles. The van der Waals surface area contributed by atoms with Crippen molar-refractivity contribution in [3.05, 3.63) is 48.5 Å². The summed E-state index contributed by atoms with van der Waals surface area (Å²) in [6, 6.07) is 13.0. The Hall–Kier alpha value is -2.72. The second kappa shape index (κ2) is 9.47. The zero-order chi connectivity index (χ0) is 19.9. The summed E-state index contributed by atoms with van der Waals surface area (Å²) in [5.41, 5.74) is 1.24. The summed E-state index contributed by atoms with van der Waals surface area (Å²) in [5, 5.41) is 2.49. The fraction of sp³-hybridized carbons (Fsp3) is 0.167. The second-order valence-corrected chi connectivity index (χ2v) is 7.60. The standard InChI is InChI=1S/C18H14F2N2O4S2/c19-17(20)26-12-7-5-11(6-8-12)21-15(23)9-25-16(24)10-27-18-22-13-3-1-2-4-14(13)28-18/h1-8,17H,9-10H2,(H,21,23). The zero-order valence-corrected chi connectivity index (χ0v) is 15.9. The van der Waals surface area contributed by atoms with Crippen LogP contribution in [0.15, 0.2) is 52.9 Å². The van der Waals surface area contributed by atoms with Crippen LogP contribution in [0, 0.1) is 0 Å². The molecular weight excluding hydrogens is 410 g/mol. The minimum atomic E-state index is -2.92. The lowest BCUT2D eigenvalue weighted by atomic mass is 10.3. The van der Waals surface area contributed by atoms with Gasteiger partial charge in [-0.05, 0) is 36.4 Å². The van der Waals surface area contributed by atoms with Gasteiger partial charge < -0.3 is 14.8 Å². The first-order valence-corrected chi connectivity index (χ1v) is 9.78. The zero-order valence-electron chi connectivity index (χ0n) is 14.3. The highest BCUT2D eigenvalue weighted by atomic mass is 32.2. The third kappa shape index (κ3) is 5.89. The van der Waals surface area contributed by atoms with Gasteiger partial charge in [-0.25, -0.2) is 4.98 Å². The van der Waals surface area contributed by atoms with Gasteiger partial charge in [-0.15, -0.1) is 11.3 Å². The third-order valence-electron chi connectivity index (χ3n) is 3.32. The van der Waals surface area contributed by atoms with Crippen LogP contribution in [-0.2, 0) is 14.3 Å². The number of nitrogens with one attached hydrogen (secondary N) is 1. The van der Waals surface area contributed by atoms with E-state index in [1.54, 1.807) is 0 Å². The topological polar surface area (TPSA) is 77.5 Å². The number of ether oxygens (including phenoxy) is 2. The van der Waals surface area contributed by atoms with E-state index < -0.39 is 25.1 Å². The fourth-order valence-corrected chi connectivity index (χ4v) is 4.00. The van der Waals surface area contributed by atoms with Gasteiger partial charge in [0, 0.05) is 5.69 Å². The molecule has 1 N–H and O–H groups in total. The van der Waals surface area contributed by atoms with Crippen molar-refractivity contribution in [2.75, 3.05) is 17.7 Å². The third-order valence-corrected chi connectivity index (χ3v) is 5.47. The van der Waals surface area contributed by atoms with Gasteiger partial charge in [-0.1, -0.05) is 23.9 Å². The van der Waals surface area contributed by atoms with Crippen LogP contribution in [-0.4, -0.2) is 35.8 Å². The van der Waals surface area contributed by atoms with Crippen molar-refractivity contribution in [1.82, 2.24) is 4.98 Å². The van der Waals surface area contributed by atoms with Crippen LogP contribution in [0.25, 0.3) is 10.2 Å². The lowest BCUT2D eigenvalue weighted by Gasteiger charge is -2.08. The monoisotopic (exact) mass is 424 g/mol. The fourth-order valence-electron chi connectivity index (χ4n) is 2.14. The molecule has 0 aliphatic heterocycles. The first-order chi connectivity index (χ1) is 13.5. The number of anilines is 1. The van der Waals surface area contributed by atoms with E-state index in [0.717, 1.165) is 14.6 Å². The maximum atomic E-state index is 12.1. The Kier molecular flexibility index (Phi) is 6.77. The van der Waals surface area contributed by atoms with Crippen LogP contribution >= 0.6 is 23.1 Å². The molecule has 0 saturated heterocycles. The molecule has 1 amide bonds. The molecule has 0 radical (unpaired) electrons. The van der Waals surface area contributed by atoms with Crippen LogP contribution in [0.3, 0.4) is 0 Å². The van der Waals surface area contributed by atoms with E-state index >= 15 is 0 Å². The van der Waals surface area contributed by atoms with Gasteiger partial charge in [0.25, 0.3) is 5.91 Å². The van der Waals surface area contributed by atoms with Crippen molar-refractivity contribution in [2.24, 2.45) is 0 Å². The maximum Gasteiger partial charge on any atom is 0.387 e. The average Bonchev–Trinajstić information content (AvgIpc) is 3.09. The van der Waals surface area contributed by atoms with Gasteiger partial charge in [0.2, 0.25) is 0 Å². The Morgan fingerprint density at radius 1 is 1.14 bits per heavy atom. The normalized spacial score (nSPS) is 10.8. The Morgan fingerprint density at radius 2 is 1.89 bits per heavy atom. The highest BCUT2D eigenvalue weighted by Crippen LogP contribution is 2.29. The van der Waals surface area contributed by atoms with Gasteiger partial charge in [0.1, 0.15) is 5.75 Å². The maximum absolute atomic E-state index is 12.1.